The minimum absolute atomic E-state index is 0.117. The highest BCUT2D eigenvalue weighted by atomic mass is 16.5. The van der Waals surface area contributed by atoms with Gasteiger partial charge in [0, 0.05) is 18.1 Å². The first-order valence-electron chi connectivity index (χ1n) is 7.54. The van der Waals surface area contributed by atoms with Crippen LogP contribution < -0.4 is 5.32 Å². The second kappa shape index (κ2) is 7.25. The van der Waals surface area contributed by atoms with E-state index < -0.39 is 0 Å². The lowest BCUT2D eigenvalue weighted by Crippen LogP contribution is -2.46. The van der Waals surface area contributed by atoms with Crippen molar-refractivity contribution in [2.45, 2.75) is 71.5 Å². The van der Waals surface area contributed by atoms with Gasteiger partial charge in [-0.05, 0) is 46.6 Å². The largest absolute Gasteiger partial charge is 0.465 e. The van der Waals surface area contributed by atoms with Gasteiger partial charge in [-0.25, -0.2) is 0 Å². The van der Waals surface area contributed by atoms with E-state index in [0.717, 1.165) is 19.5 Å². The zero-order valence-electron chi connectivity index (χ0n) is 13.2. The number of rotatable bonds is 7. The van der Waals surface area contributed by atoms with E-state index in [4.69, 9.17) is 4.74 Å². The third kappa shape index (κ3) is 5.11. The molecule has 1 aliphatic rings. The topological polar surface area (TPSA) is 41.6 Å². The van der Waals surface area contributed by atoms with Crippen molar-refractivity contribution in [1.29, 1.82) is 0 Å². The predicted molar refractivity (Wildman–Crippen MR) is 78.2 cm³/mol. The lowest BCUT2D eigenvalue weighted by Gasteiger charge is -2.32. The number of ether oxygens (including phenoxy) is 1. The molecule has 0 radical (unpaired) electrons. The maximum Gasteiger partial charge on any atom is 0.323 e. The highest BCUT2D eigenvalue weighted by Crippen LogP contribution is 2.28. The summed E-state index contributed by atoms with van der Waals surface area (Å²) in [5.74, 6) is -0.117. The Kier molecular flexibility index (Phi) is 6.27. The summed E-state index contributed by atoms with van der Waals surface area (Å²) in [4.78, 5) is 14.4. The first-order chi connectivity index (χ1) is 8.86. The van der Waals surface area contributed by atoms with Crippen molar-refractivity contribution in [2.24, 2.45) is 0 Å². The van der Waals surface area contributed by atoms with Crippen LogP contribution in [0.5, 0.6) is 0 Å². The van der Waals surface area contributed by atoms with Crippen molar-refractivity contribution < 1.29 is 9.53 Å². The molecule has 1 fully saturated rings. The zero-order valence-corrected chi connectivity index (χ0v) is 13.2. The maximum atomic E-state index is 11.9. The van der Waals surface area contributed by atoms with Crippen LogP contribution in [0.25, 0.3) is 0 Å². The van der Waals surface area contributed by atoms with Gasteiger partial charge in [0.1, 0.15) is 6.04 Å². The van der Waals surface area contributed by atoms with Gasteiger partial charge in [0.2, 0.25) is 0 Å². The van der Waals surface area contributed by atoms with E-state index in [-0.39, 0.29) is 17.6 Å². The van der Waals surface area contributed by atoms with Gasteiger partial charge in [0.15, 0.2) is 0 Å². The average molecular weight is 270 g/mol. The summed E-state index contributed by atoms with van der Waals surface area (Å²) >= 11 is 0. The first kappa shape index (κ1) is 16.4. The van der Waals surface area contributed by atoms with Crippen LogP contribution in [-0.2, 0) is 9.53 Å². The third-order valence-electron chi connectivity index (χ3n) is 3.87. The van der Waals surface area contributed by atoms with Gasteiger partial charge in [0.25, 0.3) is 0 Å². The molecule has 4 nitrogen and oxygen atoms in total. The molecule has 0 aromatic heterocycles. The summed E-state index contributed by atoms with van der Waals surface area (Å²) in [5, 5.41) is 3.31. The fourth-order valence-electron chi connectivity index (χ4n) is 2.78. The van der Waals surface area contributed by atoms with Gasteiger partial charge in [-0.1, -0.05) is 13.8 Å². The van der Waals surface area contributed by atoms with Crippen LogP contribution in [0.2, 0.25) is 0 Å². The summed E-state index contributed by atoms with van der Waals surface area (Å²) < 4.78 is 5.15. The molecule has 0 bridgehead atoms. The Bertz CT molecular complexity index is 290. The predicted octanol–water partition coefficient (Wildman–Crippen LogP) is 2.18. The second-order valence-corrected chi connectivity index (χ2v) is 6.32. The first-order valence-corrected chi connectivity index (χ1v) is 7.54. The van der Waals surface area contributed by atoms with Gasteiger partial charge in [-0.2, -0.15) is 0 Å². The Balaban J connectivity index is 2.50. The van der Waals surface area contributed by atoms with Crippen molar-refractivity contribution in [3.8, 4) is 0 Å². The summed E-state index contributed by atoms with van der Waals surface area (Å²) in [6.07, 6.45) is 3.32. The van der Waals surface area contributed by atoms with Gasteiger partial charge < -0.3 is 10.1 Å². The fraction of sp³-hybridized carbons (Fsp3) is 0.933. The number of nitrogens with zero attached hydrogens (tertiary/aromatic N) is 1. The molecule has 1 N–H and O–H groups in total. The Labute approximate surface area is 117 Å². The number of carbonyl (C=O) groups is 1. The van der Waals surface area contributed by atoms with Crippen LogP contribution >= 0.6 is 0 Å². The van der Waals surface area contributed by atoms with E-state index >= 15 is 0 Å². The Morgan fingerprint density at radius 1 is 1.42 bits per heavy atom. The molecule has 1 saturated heterocycles. The SMILES string of the molecule is CCOC(=O)C(CCN1CCCC1(C)C)NC(C)C. The molecule has 0 aromatic rings. The van der Waals surface area contributed by atoms with E-state index in [9.17, 15) is 4.79 Å². The molecular formula is C15H30N2O2. The molecule has 0 amide bonds. The zero-order chi connectivity index (χ0) is 14.5. The van der Waals surface area contributed by atoms with Crippen LogP contribution in [0.1, 0.15) is 53.9 Å². The quantitative estimate of drug-likeness (QED) is 0.720. The molecule has 1 rings (SSSR count). The average Bonchev–Trinajstić information content (AvgIpc) is 2.63. The minimum Gasteiger partial charge on any atom is -0.465 e. The smallest absolute Gasteiger partial charge is 0.323 e. The summed E-state index contributed by atoms with van der Waals surface area (Å²) in [5.41, 5.74) is 0.275. The van der Waals surface area contributed by atoms with E-state index in [1.54, 1.807) is 0 Å². The molecule has 1 atom stereocenters. The molecule has 1 heterocycles. The van der Waals surface area contributed by atoms with Gasteiger partial charge in [-0.3, -0.25) is 9.69 Å². The standard InChI is InChI=1S/C15H30N2O2/c1-6-19-14(18)13(16-12(2)3)8-11-17-10-7-9-15(17,4)5/h12-13,16H,6-11H2,1-5H3. The highest BCUT2D eigenvalue weighted by Gasteiger charge is 2.32. The number of nitrogens with one attached hydrogen (secondary N) is 1. The molecule has 4 heteroatoms. The molecule has 0 aliphatic carbocycles. The normalized spacial score (nSPS) is 20.7. The Morgan fingerprint density at radius 2 is 2.11 bits per heavy atom. The van der Waals surface area contributed by atoms with Crippen molar-refractivity contribution >= 4 is 5.97 Å². The van der Waals surface area contributed by atoms with Crippen LogP contribution in [0.3, 0.4) is 0 Å². The fourth-order valence-corrected chi connectivity index (χ4v) is 2.78. The van der Waals surface area contributed by atoms with E-state index in [2.05, 4.69) is 37.9 Å². The maximum absolute atomic E-state index is 11.9. The Hall–Kier alpha value is -0.610. The van der Waals surface area contributed by atoms with Gasteiger partial charge >= 0.3 is 5.97 Å². The van der Waals surface area contributed by atoms with Crippen molar-refractivity contribution in [1.82, 2.24) is 10.2 Å². The molecule has 1 aliphatic heterocycles. The van der Waals surface area contributed by atoms with Crippen LogP contribution in [-0.4, -0.2) is 48.2 Å². The second-order valence-electron chi connectivity index (χ2n) is 6.32. The summed E-state index contributed by atoms with van der Waals surface area (Å²) in [6, 6.07) is 0.109. The van der Waals surface area contributed by atoms with Crippen molar-refractivity contribution in [3.63, 3.8) is 0 Å². The molecule has 0 saturated carbocycles. The number of hydrogen-bond acceptors (Lipinski definition) is 4. The summed E-state index contributed by atoms with van der Waals surface area (Å²) in [6.45, 7) is 13.1. The van der Waals surface area contributed by atoms with Gasteiger partial charge in [-0.15, -0.1) is 0 Å². The van der Waals surface area contributed by atoms with Crippen LogP contribution in [0.15, 0.2) is 0 Å². The molecule has 0 aromatic carbocycles. The van der Waals surface area contributed by atoms with Crippen molar-refractivity contribution in [2.75, 3.05) is 19.7 Å². The monoisotopic (exact) mass is 270 g/mol. The lowest BCUT2D eigenvalue weighted by molar-refractivity contribution is -0.146. The van der Waals surface area contributed by atoms with E-state index in [0.29, 0.717) is 12.6 Å². The van der Waals surface area contributed by atoms with E-state index in [1.807, 2.05) is 6.92 Å². The Morgan fingerprint density at radius 3 is 2.58 bits per heavy atom. The number of esters is 1. The molecule has 0 spiro atoms. The van der Waals surface area contributed by atoms with E-state index in [1.165, 1.54) is 12.8 Å². The molecule has 19 heavy (non-hydrogen) atoms. The molecule has 1 unspecified atom stereocenters. The number of hydrogen-bond donors (Lipinski definition) is 1. The third-order valence-corrected chi connectivity index (χ3v) is 3.87. The minimum atomic E-state index is -0.184. The van der Waals surface area contributed by atoms with Gasteiger partial charge in [0.05, 0.1) is 6.61 Å². The van der Waals surface area contributed by atoms with Crippen LogP contribution in [0.4, 0.5) is 0 Å². The summed E-state index contributed by atoms with van der Waals surface area (Å²) in [7, 11) is 0. The van der Waals surface area contributed by atoms with Crippen molar-refractivity contribution in [3.05, 3.63) is 0 Å². The number of likely N-dealkylation sites (tertiary alicyclic amines) is 1. The number of carbonyl (C=O) groups excluding carboxylic acids is 1. The molecule has 112 valence electrons. The highest BCUT2D eigenvalue weighted by molar-refractivity contribution is 5.75. The molecular weight excluding hydrogens is 240 g/mol. The van der Waals surface area contributed by atoms with Crippen LogP contribution in [0, 0.1) is 0 Å². The lowest BCUT2D eigenvalue weighted by atomic mass is 10.0.